The SMILES string of the molecule is CCOC(=O)Cc1nccc(C(F)(F)F)c1F. The average molecular weight is 251 g/mol. The van der Waals surface area contributed by atoms with Crippen molar-refractivity contribution in [2.24, 2.45) is 0 Å². The van der Waals surface area contributed by atoms with E-state index in [0.29, 0.717) is 6.07 Å². The zero-order chi connectivity index (χ0) is 13.1. The largest absolute Gasteiger partial charge is 0.466 e. The van der Waals surface area contributed by atoms with Crippen LogP contribution in [0.4, 0.5) is 17.6 Å². The molecular formula is C10H9F4NO2. The van der Waals surface area contributed by atoms with Gasteiger partial charge < -0.3 is 4.74 Å². The molecule has 0 unspecified atom stereocenters. The van der Waals surface area contributed by atoms with Crippen LogP contribution in [0.25, 0.3) is 0 Å². The zero-order valence-corrected chi connectivity index (χ0v) is 8.84. The number of alkyl halides is 3. The van der Waals surface area contributed by atoms with Crippen molar-refractivity contribution in [2.45, 2.75) is 19.5 Å². The van der Waals surface area contributed by atoms with E-state index in [4.69, 9.17) is 0 Å². The molecule has 17 heavy (non-hydrogen) atoms. The molecule has 0 amide bonds. The molecule has 0 aliphatic heterocycles. The van der Waals surface area contributed by atoms with Crippen LogP contribution in [0.15, 0.2) is 12.3 Å². The van der Waals surface area contributed by atoms with Gasteiger partial charge in [-0.3, -0.25) is 9.78 Å². The Bertz CT molecular complexity index is 417. The van der Waals surface area contributed by atoms with Crippen LogP contribution >= 0.6 is 0 Å². The molecule has 7 heteroatoms. The molecule has 0 saturated heterocycles. The highest BCUT2D eigenvalue weighted by atomic mass is 19.4. The van der Waals surface area contributed by atoms with Gasteiger partial charge >= 0.3 is 12.1 Å². The summed E-state index contributed by atoms with van der Waals surface area (Å²) in [5.74, 6) is -2.36. The van der Waals surface area contributed by atoms with Gasteiger partial charge in [-0.05, 0) is 13.0 Å². The highest BCUT2D eigenvalue weighted by molar-refractivity contribution is 5.72. The number of nitrogens with zero attached hydrogens (tertiary/aromatic N) is 1. The predicted molar refractivity (Wildman–Crippen MR) is 49.5 cm³/mol. The van der Waals surface area contributed by atoms with Crippen molar-refractivity contribution in [2.75, 3.05) is 6.61 Å². The monoisotopic (exact) mass is 251 g/mol. The summed E-state index contributed by atoms with van der Waals surface area (Å²) < 4.78 is 54.9. The lowest BCUT2D eigenvalue weighted by Crippen LogP contribution is -2.15. The van der Waals surface area contributed by atoms with Crippen LogP contribution in [0.5, 0.6) is 0 Å². The van der Waals surface area contributed by atoms with Gasteiger partial charge in [0.15, 0.2) is 5.82 Å². The van der Waals surface area contributed by atoms with E-state index in [0.717, 1.165) is 6.20 Å². The normalized spacial score (nSPS) is 11.4. The van der Waals surface area contributed by atoms with Gasteiger partial charge in [0.25, 0.3) is 0 Å². The van der Waals surface area contributed by atoms with E-state index >= 15 is 0 Å². The molecule has 1 aromatic heterocycles. The molecule has 0 saturated carbocycles. The van der Waals surface area contributed by atoms with Gasteiger partial charge in [0.2, 0.25) is 0 Å². The van der Waals surface area contributed by atoms with Crippen LogP contribution in [0, 0.1) is 5.82 Å². The summed E-state index contributed by atoms with van der Waals surface area (Å²) >= 11 is 0. The minimum absolute atomic E-state index is 0.0689. The second kappa shape index (κ2) is 5.11. The third-order valence-electron chi connectivity index (χ3n) is 1.88. The number of aromatic nitrogens is 1. The summed E-state index contributed by atoms with van der Waals surface area (Å²) in [5, 5.41) is 0. The lowest BCUT2D eigenvalue weighted by atomic mass is 10.1. The van der Waals surface area contributed by atoms with Gasteiger partial charge in [0.1, 0.15) is 0 Å². The number of pyridine rings is 1. The maximum atomic E-state index is 13.4. The van der Waals surface area contributed by atoms with E-state index in [-0.39, 0.29) is 6.61 Å². The lowest BCUT2D eigenvalue weighted by Gasteiger charge is -2.09. The number of ether oxygens (including phenoxy) is 1. The molecule has 0 aromatic carbocycles. The Morgan fingerprint density at radius 3 is 2.65 bits per heavy atom. The molecular weight excluding hydrogens is 242 g/mol. The molecule has 0 spiro atoms. The van der Waals surface area contributed by atoms with Crippen molar-refractivity contribution < 1.29 is 27.1 Å². The average Bonchev–Trinajstić information content (AvgIpc) is 2.19. The fraction of sp³-hybridized carbons (Fsp3) is 0.400. The minimum Gasteiger partial charge on any atom is -0.466 e. The molecule has 3 nitrogen and oxygen atoms in total. The third-order valence-corrected chi connectivity index (χ3v) is 1.88. The summed E-state index contributed by atoms with van der Waals surface area (Å²) in [4.78, 5) is 14.4. The van der Waals surface area contributed by atoms with Crippen LogP contribution in [-0.4, -0.2) is 17.6 Å². The van der Waals surface area contributed by atoms with Crippen LogP contribution < -0.4 is 0 Å². The van der Waals surface area contributed by atoms with Gasteiger partial charge in [-0.1, -0.05) is 0 Å². The molecule has 0 bridgehead atoms. The van der Waals surface area contributed by atoms with E-state index in [1.165, 1.54) is 6.92 Å². The number of hydrogen-bond donors (Lipinski definition) is 0. The van der Waals surface area contributed by atoms with Crippen molar-refractivity contribution in [1.29, 1.82) is 0 Å². The van der Waals surface area contributed by atoms with E-state index < -0.39 is 35.6 Å². The second-order valence-corrected chi connectivity index (χ2v) is 3.10. The van der Waals surface area contributed by atoms with E-state index in [9.17, 15) is 22.4 Å². The molecule has 0 atom stereocenters. The third kappa shape index (κ3) is 3.40. The van der Waals surface area contributed by atoms with E-state index in [2.05, 4.69) is 9.72 Å². The Morgan fingerprint density at radius 2 is 2.12 bits per heavy atom. The molecule has 94 valence electrons. The number of hydrogen-bond acceptors (Lipinski definition) is 3. The van der Waals surface area contributed by atoms with Crippen molar-refractivity contribution in [3.8, 4) is 0 Å². The Morgan fingerprint density at radius 1 is 1.47 bits per heavy atom. The summed E-state index contributed by atoms with van der Waals surface area (Å²) in [6.07, 6.45) is -4.62. The fourth-order valence-corrected chi connectivity index (χ4v) is 1.18. The van der Waals surface area contributed by atoms with Crippen molar-refractivity contribution in [3.05, 3.63) is 29.3 Å². The number of carbonyl (C=O) groups is 1. The highest BCUT2D eigenvalue weighted by Gasteiger charge is 2.35. The lowest BCUT2D eigenvalue weighted by molar-refractivity contribution is -0.143. The molecule has 0 radical (unpaired) electrons. The first-order valence-corrected chi connectivity index (χ1v) is 4.72. The van der Waals surface area contributed by atoms with Gasteiger partial charge in [0, 0.05) is 6.20 Å². The molecule has 0 N–H and O–H groups in total. The molecule has 0 aliphatic rings. The van der Waals surface area contributed by atoms with E-state index in [1.807, 2.05) is 0 Å². The molecule has 1 heterocycles. The Hall–Kier alpha value is -1.66. The Kier molecular flexibility index (Phi) is 4.03. The molecule has 1 aromatic rings. The topological polar surface area (TPSA) is 39.2 Å². The van der Waals surface area contributed by atoms with Crippen LogP contribution in [-0.2, 0) is 22.1 Å². The maximum absolute atomic E-state index is 13.4. The first-order valence-electron chi connectivity index (χ1n) is 4.72. The maximum Gasteiger partial charge on any atom is 0.419 e. The van der Waals surface area contributed by atoms with Crippen LogP contribution in [0.2, 0.25) is 0 Å². The minimum atomic E-state index is -4.81. The van der Waals surface area contributed by atoms with Crippen molar-refractivity contribution in [3.63, 3.8) is 0 Å². The van der Waals surface area contributed by atoms with Gasteiger partial charge in [0.05, 0.1) is 24.3 Å². The van der Waals surface area contributed by atoms with Gasteiger partial charge in [-0.15, -0.1) is 0 Å². The quantitative estimate of drug-likeness (QED) is 0.611. The van der Waals surface area contributed by atoms with Crippen LogP contribution in [0.3, 0.4) is 0 Å². The number of esters is 1. The summed E-state index contributed by atoms with van der Waals surface area (Å²) in [5.41, 5.74) is -2.01. The first-order chi connectivity index (χ1) is 7.86. The number of carbonyl (C=O) groups excluding carboxylic acids is 1. The zero-order valence-electron chi connectivity index (χ0n) is 8.84. The molecule has 0 aliphatic carbocycles. The Balaban J connectivity index is 2.99. The van der Waals surface area contributed by atoms with Gasteiger partial charge in [-0.25, -0.2) is 4.39 Å². The number of rotatable bonds is 3. The van der Waals surface area contributed by atoms with Crippen LogP contribution in [0.1, 0.15) is 18.2 Å². The second-order valence-electron chi connectivity index (χ2n) is 3.10. The van der Waals surface area contributed by atoms with E-state index in [1.54, 1.807) is 0 Å². The number of halogens is 4. The molecule has 0 fully saturated rings. The summed E-state index contributed by atoms with van der Waals surface area (Å²) in [6, 6.07) is 0.518. The smallest absolute Gasteiger partial charge is 0.419 e. The Labute approximate surface area is 94.4 Å². The van der Waals surface area contributed by atoms with Crippen molar-refractivity contribution in [1.82, 2.24) is 4.98 Å². The van der Waals surface area contributed by atoms with Crippen molar-refractivity contribution >= 4 is 5.97 Å². The van der Waals surface area contributed by atoms with Gasteiger partial charge in [-0.2, -0.15) is 13.2 Å². The summed E-state index contributed by atoms with van der Waals surface area (Å²) in [7, 11) is 0. The fourth-order valence-electron chi connectivity index (χ4n) is 1.18. The molecule has 1 rings (SSSR count). The first kappa shape index (κ1) is 13.4. The summed E-state index contributed by atoms with van der Waals surface area (Å²) in [6.45, 7) is 1.60. The highest BCUT2D eigenvalue weighted by Crippen LogP contribution is 2.31. The standard InChI is InChI=1S/C10H9F4NO2/c1-2-17-8(16)5-7-9(11)6(3-4-15-7)10(12,13)14/h3-4H,2,5H2,1H3. The predicted octanol–water partition coefficient (Wildman–Crippen LogP) is 2.35.